The van der Waals surface area contributed by atoms with E-state index in [4.69, 9.17) is 4.42 Å². The molecule has 0 aliphatic heterocycles. The van der Waals surface area contributed by atoms with E-state index in [1.807, 2.05) is 30.3 Å². The smallest absolute Gasteiger partial charge is 0.247 e. The predicted octanol–water partition coefficient (Wildman–Crippen LogP) is 2.69. The Bertz CT molecular complexity index is 395. The molecule has 0 spiro atoms. The summed E-state index contributed by atoms with van der Waals surface area (Å²) < 4.78 is 5.49. The summed E-state index contributed by atoms with van der Waals surface area (Å²) in [6.07, 6.45) is 1.87. The van der Waals surface area contributed by atoms with Crippen molar-refractivity contribution >= 4 is 0 Å². The van der Waals surface area contributed by atoms with Crippen LogP contribution in [0.15, 0.2) is 34.7 Å². The number of nitrogens with zero attached hydrogens (tertiary/aromatic N) is 2. The third kappa shape index (κ3) is 1.82. The molecule has 0 amide bonds. The lowest BCUT2D eigenvalue weighted by Crippen LogP contribution is -1.80. The monoisotopic (exact) mass is 188 g/mol. The van der Waals surface area contributed by atoms with Crippen LogP contribution in [0.5, 0.6) is 0 Å². The van der Waals surface area contributed by atoms with Gasteiger partial charge in [0.25, 0.3) is 0 Å². The molecular formula is C11H12N2O. The van der Waals surface area contributed by atoms with Crippen molar-refractivity contribution in [2.45, 2.75) is 19.8 Å². The summed E-state index contributed by atoms with van der Waals surface area (Å²) in [5.41, 5.74) is 0.974. The number of hydrogen-bond acceptors (Lipinski definition) is 3. The highest BCUT2D eigenvalue weighted by Gasteiger charge is 2.06. The first kappa shape index (κ1) is 8.94. The van der Waals surface area contributed by atoms with Gasteiger partial charge in [-0.2, -0.15) is 0 Å². The molecular weight excluding hydrogens is 176 g/mol. The minimum Gasteiger partial charge on any atom is -0.421 e. The molecule has 0 saturated heterocycles. The van der Waals surface area contributed by atoms with Crippen molar-refractivity contribution in [1.82, 2.24) is 10.2 Å². The highest BCUT2D eigenvalue weighted by molar-refractivity contribution is 5.51. The number of aryl methyl sites for hydroxylation is 1. The van der Waals surface area contributed by atoms with Gasteiger partial charge in [0, 0.05) is 12.0 Å². The molecule has 0 aliphatic carbocycles. The van der Waals surface area contributed by atoms with Gasteiger partial charge in [-0.3, -0.25) is 0 Å². The normalized spacial score (nSPS) is 10.4. The standard InChI is InChI=1S/C11H12N2O/c1-2-6-10-12-13-11(14-10)9-7-4-3-5-8-9/h3-5,7-8H,2,6H2,1H3. The number of hydrogen-bond donors (Lipinski definition) is 0. The summed E-state index contributed by atoms with van der Waals surface area (Å²) in [5, 5.41) is 7.95. The maximum atomic E-state index is 5.49. The van der Waals surface area contributed by atoms with Gasteiger partial charge < -0.3 is 4.42 Å². The van der Waals surface area contributed by atoms with Gasteiger partial charge in [0.05, 0.1) is 0 Å². The maximum Gasteiger partial charge on any atom is 0.247 e. The Morgan fingerprint density at radius 2 is 1.93 bits per heavy atom. The number of benzene rings is 1. The van der Waals surface area contributed by atoms with Crippen LogP contribution in [0.1, 0.15) is 19.2 Å². The molecule has 72 valence electrons. The summed E-state index contributed by atoms with van der Waals surface area (Å²) >= 11 is 0. The zero-order valence-electron chi connectivity index (χ0n) is 8.10. The molecule has 1 heterocycles. The Labute approximate surface area is 82.8 Å². The summed E-state index contributed by atoms with van der Waals surface area (Å²) in [6.45, 7) is 2.09. The van der Waals surface area contributed by atoms with Crippen molar-refractivity contribution in [2.24, 2.45) is 0 Å². The topological polar surface area (TPSA) is 38.9 Å². The SMILES string of the molecule is CCCc1nnc(-c2ccccc2)o1. The summed E-state index contributed by atoms with van der Waals surface area (Å²) in [5.74, 6) is 1.32. The molecule has 0 fully saturated rings. The fourth-order valence-electron chi connectivity index (χ4n) is 1.27. The Morgan fingerprint density at radius 1 is 1.14 bits per heavy atom. The van der Waals surface area contributed by atoms with Crippen molar-refractivity contribution in [3.05, 3.63) is 36.2 Å². The van der Waals surface area contributed by atoms with Crippen molar-refractivity contribution in [1.29, 1.82) is 0 Å². The second-order valence-electron chi connectivity index (χ2n) is 3.12. The van der Waals surface area contributed by atoms with Gasteiger partial charge in [-0.25, -0.2) is 0 Å². The van der Waals surface area contributed by atoms with E-state index in [0.29, 0.717) is 11.8 Å². The van der Waals surface area contributed by atoms with E-state index < -0.39 is 0 Å². The molecule has 0 radical (unpaired) electrons. The maximum absolute atomic E-state index is 5.49. The van der Waals surface area contributed by atoms with E-state index in [0.717, 1.165) is 18.4 Å². The first-order valence-electron chi connectivity index (χ1n) is 4.78. The molecule has 3 nitrogen and oxygen atoms in total. The predicted molar refractivity (Wildman–Crippen MR) is 53.7 cm³/mol. The second kappa shape index (κ2) is 4.05. The molecule has 2 aromatic rings. The lowest BCUT2D eigenvalue weighted by molar-refractivity contribution is 0.502. The highest BCUT2D eigenvalue weighted by atomic mass is 16.4. The summed E-state index contributed by atoms with van der Waals surface area (Å²) in [6, 6.07) is 9.80. The summed E-state index contributed by atoms with van der Waals surface area (Å²) in [4.78, 5) is 0. The van der Waals surface area contributed by atoms with E-state index in [1.54, 1.807) is 0 Å². The molecule has 3 heteroatoms. The lowest BCUT2D eigenvalue weighted by atomic mass is 10.2. The molecule has 0 saturated carbocycles. The van der Waals surface area contributed by atoms with Crippen LogP contribution in [0.25, 0.3) is 11.5 Å². The number of rotatable bonds is 3. The zero-order valence-corrected chi connectivity index (χ0v) is 8.10. The van der Waals surface area contributed by atoms with Gasteiger partial charge in [0.1, 0.15) is 0 Å². The van der Waals surface area contributed by atoms with Crippen LogP contribution < -0.4 is 0 Å². The fourth-order valence-corrected chi connectivity index (χ4v) is 1.27. The Hall–Kier alpha value is -1.64. The Balaban J connectivity index is 2.25. The molecule has 14 heavy (non-hydrogen) atoms. The molecule has 0 unspecified atom stereocenters. The van der Waals surface area contributed by atoms with Crippen molar-refractivity contribution in [3.8, 4) is 11.5 Å². The second-order valence-corrected chi connectivity index (χ2v) is 3.12. The first-order chi connectivity index (χ1) is 6.90. The molecule has 0 atom stereocenters. The Kier molecular flexibility index (Phi) is 2.58. The van der Waals surface area contributed by atoms with Crippen LogP contribution in [0.4, 0.5) is 0 Å². The van der Waals surface area contributed by atoms with Crippen LogP contribution in [0.2, 0.25) is 0 Å². The van der Waals surface area contributed by atoms with Gasteiger partial charge in [0.15, 0.2) is 0 Å². The van der Waals surface area contributed by atoms with Crippen LogP contribution in [-0.2, 0) is 6.42 Å². The quantitative estimate of drug-likeness (QED) is 0.743. The van der Waals surface area contributed by atoms with E-state index in [2.05, 4.69) is 17.1 Å². The van der Waals surface area contributed by atoms with Gasteiger partial charge in [-0.15, -0.1) is 10.2 Å². The van der Waals surface area contributed by atoms with Crippen LogP contribution in [0.3, 0.4) is 0 Å². The summed E-state index contributed by atoms with van der Waals surface area (Å²) in [7, 11) is 0. The minimum atomic E-state index is 0.606. The van der Waals surface area contributed by atoms with Crippen molar-refractivity contribution < 1.29 is 4.42 Å². The van der Waals surface area contributed by atoms with E-state index in [1.165, 1.54) is 0 Å². The van der Waals surface area contributed by atoms with Crippen LogP contribution in [-0.4, -0.2) is 10.2 Å². The Morgan fingerprint density at radius 3 is 2.64 bits per heavy atom. The molecule has 2 rings (SSSR count). The van der Waals surface area contributed by atoms with Crippen molar-refractivity contribution in [2.75, 3.05) is 0 Å². The van der Waals surface area contributed by atoms with Crippen LogP contribution >= 0.6 is 0 Å². The lowest BCUT2D eigenvalue weighted by Gasteiger charge is -1.91. The van der Waals surface area contributed by atoms with E-state index >= 15 is 0 Å². The fraction of sp³-hybridized carbons (Fsp3) is 0.273. The average molecular weight is 188 g/mol. The first-order valence-corrected chi connectivity index (χ1v) is 4.78. The minimum absolute atomic E-state index is 0.606. The molecule has 0 N–H and O–H groups in total. The zero-order chi connectivity index (χ0) is 9.80. The molecule has 0 bridgehead atoms. The largest absolute Gasteiger partial charge is 0.421 e. The third-order valence-corrected chi connectivity index (χ3v) is 1.95. The molecule has 0 aliphatic rings. The number of aromatic nitrogens is 2. The van der Waals surface area contributed by atoms with Gasteiger partial charge in [-0.05, 0) is 18.6 Å². The van der Waals surface area contributed by atoms with Gasteiger partial charge >= 0.3 is 0 Å². The molecule has 1 aromatic carbocycles. The van der Waals surface area contributed by atoms with Gasteiger partial charge in [0.2, 0.25) is 11.8 Å². The average Bonchev–Trinajstić information content (AvgIpc) is 2.68. The van der Waals surface area contributed by atoms with Gasteiger partial charge in [-0.1, -0.05) is 25.1 Å². The highest BCUT2D eigenvalue weighted by Crippen LogP contribution is 2.17. The van der Waals surface area contributed by atoms with E-state index in [9.17, 15) is 0 Å². The van der Waals surface area contributed by atoms with Crippen LogP contribution in [0, 0.1) is 0 Å². The third-order valence-electron chi connectivity index (χ3n) is 1.95. The molecule has 1 aromatic heterocycles. The van der Waals surface area contributed by atoms with E-state index in [-0.39, 0.29) is 0 Å². The van der Waals surface area contributed by atoms with Crippen molar-refractivity contribution in [3.63, 3.8) is 0 Å².